The minimum absolute atomic E-state index is 0.220. The summed E-state index contributed by atoms with van der Waals surface area (Å²) in [4.78, 5) is 0. The van der Waals surface area contributed by atoms with Gasteiger partial charge in [0.15, 0.2) is 0 Å². The average molecular weight is 252 g/mol. The minimum atomic E-state index is 0.220. The van der Waals surface area contributed by atoms with Crippen LogP contribution in [0.3, 0.4) is 0 Å². The van der Waals surface area contributed by atoms with Crippen LogP contribution >= 0.6 is 0 Å². The molecule has 0 aliphatic heterocycles. The second kappa shape index (κ2) is 6.90. The molecule has 18 heavy (non-hydrogen) atoms. The molecular weight excluding hydrogens is 224 g/mol. The van der Waals surface area contributed by atoms with Crippen LogP contribution in [0.4, 0.5) is 0 Å². The summed E-state index contributed by atoms with van der Waals surface area (Å²) < 4.78 is 2.07. The molecule has 0 aliphatic carbocycles. The third-order valence-corrected chi connectivity index (χ3v) is 2.78. The van der Waals surface area contributed by atoms with Gasteiger partial charge in [0.2, 0.25) is 0 Å². The van der Waals surface area contributed by atoms with E-state index in [-0.39, 0.29) is 5.54 Å². The molecule has 0 radical (unpaired) electrons. The van der Waals surface area contributed by atoms with E-state index in [0.717, 1.165) is 38.3 Å². The van der Waals surface area contributed by atoms with Crippen molar-refractivity contribution < 1.29 is 0 Å². The van der Waals surface area contributed by atoms with Gasteiger partial charge in [-0.1, -0.05) is 0 Å². The van der Waals surface area contributed by atoms with E-state index in [2.05, 4.69) is 54.2 Å². The summed E-state index contributed by atoms with van der Waals surface area (Å²) in [6.07, 6.45) is 1.15. The molecule has 2 N–H and O–H groups in total. The number of hydrogen-bond acceptors (Lipinski definition) is 3. The highest BCUT2D eigenvalue weighted by atomic mass is 15.3. The molecule has 0 saturated heterocycles. The Hall–Kier alpha value is -0.870. The summed E-state index contributed by atoms with van der Waals surface area (Å²) in [6.45, 7) is 14.7. The zero-order valence-corrected chi connectivity index (χ0v) is 12.5. The zero-order chi connectivity index (χ0) is 13.6. The zero-order valence-electron chi connectivity index (χ0n) is 12.5. The van der Waals surface area contributed by atoms with Crippen LogP contribution in [0.5, 0.6) is 0 Å². The molecule has 0 atom stereocenters. The fraction of sp³-hybridized carbons (Fsp3) is 0.786. The third-order valence-electron chi connectivity index (χ3n) is 2.78. The first-order valence-electron chi connectivity index (χ1n) is 6.91. The molecule has 4 heteroatoms. The van der Waals surface area contributed by atoms with E-state index in [4.69, 9.17) is 0 Å². The van der Waals surface area contributed by atoms with Gasteiger partial charge in [0, 0.05) is 18.6 Å². The molecule has 0 saturated carbocycles. The van der Waals surface area contributed by atoms with Gasteiger partial charge < -0.3 is 10.6 Å². The number of nitrogens with zero attached hydrogens (tertiary/aromatic N) is 2. The standard InChI is InChI=1S/C14H28N4/c1-6-18-13(10-12(2)17-18)11-15-8-7-9-16-14(3,4)5/h10,15-16H,6-9,11H2,1-5H3. The molecule has 0 unspecified atom stereocenters. The van der Waals surface area contributed by atoms with E-state index in [0.29, 0.717) is 0 Å². The van der Waals surface area contributed by atoms with Crippen LogP contribution < -0.4 is 10.6 Å². The van der Waals surface area contributed by atoms with E-state index in [9.17, 15) is 0 Å². The topological polar surface area (TPSA) is 41.9 Å². The molecule has 1 rings (SSSR count). The van der Waals surface area contributed by atoms with Crippen LogP contribution in [0.15, 0.2) is 6.07 Å². The van der Waals surface area contributed by atoms with Crippen LogP contribution in [0.25, 0.3) is 0 Å². The fourth-order valence-electron chi connectivity index (χ4n) is 1.91. The largest absolute Gasteiger partial charge is 0.312 e. The molecule has 0 aromatic carbocycles. The SMILES string of the molecule is CCn1nc(C)cc1CNCCCNC(C)(C)C. The second-order valence-electron chi connectivity index (χ2n) is 5.80. The van der Waals surface area contributed by atoms with Gasteiger partial charge in [0.1, 0.15) is 0 Å². The van der Waals surface area contributed by atoms with Crippen LogP contribution in [0.2, 0.25) is 0 Å². The summed E-state index contributed by atoms with van der Waals surface area (Å²) in [5.74, 6) is 0. The quantitative estimate of drug-likeness (QED) is 0.730. The maximum absolute atomic E-state index is 4.44. The van der Waals surface area contributed by atoms with Crippen LogP contribution in [0.1, 0.15) is 45.5 Å². The van der Waals surface area contributed by atoms with Gasteiger partial charge >= 0.3 is 0 Å². The van der Waals surface area contributed by atoms with Crippen molar-refractivity contribution in [2.75, 3.05) is 13.1 Å². The molecular formula is C14H28N4. The highest BCUT2D eigenvalue weighted by Gasteiger charge is 2.07. The smallest absolute Gasteiger partial charge is 0.0597 e. The summed E-state index contributed by atoms with van der Waals surface area (Å²) in [5, 5.41) is 11.4. The summed E-state index contributed by atoms with van der Waals surface area (Å²) >= 11 is 0. The predicted octanol–water partition coefficient (Wildman–Crippen LogP) is 2.08. The Kier molecular flexibility index (Phi) is 5.82. The Balaban J connectivity index is 2.18. The van der Waals surface area contributed by atoms with E-state index >= 15 is 0 Å². The second-order valence-corrected chi connectivity index (χ2v) is 5.80. The minimum Gasteiger partial charge on any atom is -0.312 e. The van der Waals surface area contributed by atoms with E-state index in [1.165, 1.54) is 5.69 Å². The Morgan fingerprint density at radius 1 is 1.28 bits per heavy atom. The van der Waals surface area contributed by atoms with Gasteiger partial charge in [-0.3, -0.25) is 4.68 Å². The highest BCUT2D eigenvalue weighted by molar-refractivity contribution is 5.08. The van der Waals surface area contributed by atoms with Crippen molar-refractivity contribution in [2.24, 2.45) is 0 Å². The van der Waals surface area contributed by atoms with Crippen LogP contribution in [0, 0.1) is 6.92 Å². The van der Waals surface area contributed by atoms with Gasteiger partial charge in [0.05, 0.1) is 11.4 Å². The normalized spacial score (nSPS) is 12.1. The molecule has 104 valence electrons. The van der Waals surface area contributed by atoms with Crippen molar-refractivity contribution in [1.29, 1.82) is 0 Å². The molecule has 1 aromatic heterocycles. The Bertz CT molecular complexity index is 349. The molecule has 0 fully saturated rings. The van der Waals surface area contributed by atoms with Crippen molar-refractivity contribution in [3.63, 3.8) is 0 Å². The number of hydrogen-bond donors (Lipinski definition) is 2. The highest BCUT2D eigenvalue weighted by Crippen LogP contribution is 2.03. The van der Waals surface area contributed by atoms with Gasteiger partial charge in [-0.25, -0.2) is 0 Å². The maximum Gasteiger partial charge on any atom is 0.0597 e. The molecule has 1 aromatic rings. The first-order chi connectivity index (χ1) is 8.42. The van der Waals surface area contributed by atoms with Crippen molar-refractivity contribution >= 4 is 0 Å². The van der Waals surface area contributed by atoms with Crippen LogP contribution in [-0.2, 0) is 13.1 Å². The summed E-state index contributed by atoms with van der Waals surface area (Å²) in [6, 6.07) is 2.16. The first-order valence-corrected chi connectivity index (χ1v) is 6.91. The van der Waals surface area contributed by atoms with Crippen molar-refractivity contribution in [3.8, 4) is 0 Å². The summed E-state index contributed by atoms with van der Waals surface area (Å²) in [7, 11) is 0. The van der Waals surface area contributed by atoms with E-state index in [1.54, 1.807) is 0 Å². The number of rotatable bonds is 7. The molecule has 0 spiro atoms. The monoisotopic (exact) mass is 252 g/mol. The Labute approximate surface area is 111 Å². The lowest BCUT2D eigenvalue weighted by Crippen LogP contribution is -2.37. The van der Waals surface area contributed by atoms with Crippen LogP contribution in [-0.4, -0.2) is 28.4 Å². The lowest BCUT2D eigenvalue weighted by Gasteiger charge is -2.20. The van der Waals surface area contributed by atoms with Gasteiger partial charge in [-0.05, 0) is 60.2 Å². The number of aryl methyl sites for hydroxylation is 2. The summed E-state index contributed by atoms with van der Waals surface area (Å²) in [5.41, 5.74) is 2.60. The van der Waals surface area contributed by atoms with Gasteiger partial charge in [-0.15, -0.1) is 0 Å². The third kappa shape index (κ3) is 5.65. The lowest BCUT2D eigenvalue weighted by molar-refractivity contribution is 0.417. The van der Waals surface area contributed by atoms with Crippen molar-refractivity contribution in [3.05, 3.63) is 17.5 Å². The first kappa shape index (κ1) is 15.2. The molecule has 4 nitrogen and oxygen atoms in total. The molecule has 0 amide bonds. The predicted molar refractivity (Wildman–Crippen MR) is 76.7 cm³/mol. The Morgan fingerprint density at radius 2 is 2.00 bits per heavy atom. The van der Waals surface area contributed by atoms with Crippen molar-refractivity contribution in [1.82, 2.24) is 20.4 Å². The maximum atomic E-state index is 4.44. The fourth-order valence-corrected chi connectivity index (χ4v) is 1.91. The average Bonchev–Trinajstić information content (AvgIpc) is 2.62. The van der Waals surface area contributed by atoms with E-state index < -0.39 is 0 Å². The van der Waals surface area contributed by atoms with Gasteiger partial charge in [-0.2, -0.15) is 5.10 Å². The number of nitrogens with one attached hydrogen (secondary N) is 2. The molecule has 0 bridgehead atoms. The van der Waals surface area contributed by atoms with Gasteiger partial charge in [0.25, 0.3) is 0 Å². The molecule has 1 heterocycles. The Morgan fingerprint density at radius 3 is 2.61 bits per heavy atom. The lowest BCUT2D eigenvalue weighted by atomic mass is 10.1. The van der Waals surface area contributed by atoms with Crippen molar-refractivity contribution in [2.45, 2.75) is 59.7 Å². The molecule has 0 aliphatic rings. The number of aromatic nitrogens is 2. The van der Waals surface area contributed by atoms with E-state index in [1.807, 2.05) is 6.92 Å².